The van der Waals surface area contributed by atoms with Crippen LogP contribution in [0.4, 0.5) is 0 Å². The van der Waals surface area contributed by atoms with Gasteiger partial charge in [0.1, 0.15) is 24.6 Å². The monoisotopic (exact) mass is 496 g/mol. The molecule has 1 N–H and O–H groups in total. The maximum absolute atomic E-state index is 12.8. The van der Waals surface area contributed by atoms with Crippen LogP contribution in [0.5, 0.6) is 0 Å². The standard InChI is InChI=1S/C21H24N2O10S/c1-12-9-23(21(27)22-19(12)26)20-18(31-14(3)25)17(16(32-20)10-30-13(2)24)33-34(28,29)11-15-7-5-4-6-8-15/h4-9,16-18,20H,10-11H2,1-3H3,(H,22,26,27)/t16-,17+,18-,20-/m1/s1. The lowest BCUT2D eigenvalue weighted by Crippen LogP contribution is -2.43. The molecule has 1 aromatic heterocycles. The van der Waals surface area contributed by atoms with Gasteiger partial charge in [-0.3, -0.25) is 28.1 Å². The van der Waals surface area contributed by atoms with Crippen molar-refractivity contribution in [2.75, 3.05) is 6.61 Å². The maximum Gasteiger partial charge on any atom is 0.330 e. The van der Waals surface area contributed by atoms with Crippen LogP contribution in [0.1, 0.15) is 31.2 Å². The quantitative estimate of drug-likeness (QED) is 0.394. The lowest BCUT2D eigenvalue weighted by atomic mass is 10.1. The molecule has 0 amide bonds. The average molecular weight is 496 g/mol. The number of ether oxygens (including phenoxy) is 3. The van der Waals surface area contributed by atoms with E-state index in [0.29, 0.717) is 5.56 Å². The van der Waals surface area contributed by atoms with Crippen molar-refractivity contribution in [2.45, 2.75) is 51.1 Å². The molecule has 0 bridgehead atoms. The van der Waals surface area contributed by atoms with Crippen LogP contribution in [0.2, 0.25) is 0 Å². The van der Waals surface area contributed by atoms with Crippen molar-refractivity contribution in [3.63, 3.8) is 0 Å². The lowest BCUT2D eigenvalue weighted by molar-refractivity contribution is -0.155. The number of nitrogens with zero attached hydrogens (tertiary/aromatic N) is 1. The van der Waals surface area contributed by atoms with Crippen LogP contribution in [0.15, 0.2) is 46.1 Å². The highest BCUT2D eigenvalue weighted by atomic mass is 32.2. The Morgan fingerprint density at radius 1 is 1.09 bits per heavy atom. The number of aromatic nitrogens is 2. The molecule has 2 aromatic rings. The second kappa shape index (κ2) is 10.3. The number of aromatic amines is 1. The van der Waals surface area contributed by atoms with Gasteiger partial charge in [0.25, 0.3) is 15.7 Å². The molecular weight excluding hydrogens is 472 g/mol. The summed E-state index contributed by atoms with van der Waals surface area (Å²) in [5.41, 5.74) is -0.900. The van der Waals surface area contributed by atoms with Crippen molar-refractivity contribution < 1.29 is 36.4 Å². The predicted octanol–water partition coefficient (Wildman–Crippen LogP) is 0.152. The number of hydrogen-bond acceptors (Lipinski definition) is 10. The SMILES string of the molecule is CC(=O)OC[C@H]1O[C@@H](n2cc(C)c(=O)[nH]c2=O)[C@H](OC(C)=O)[C@H]1OS(=O)(=O)Cc1ccccc1. The Morgan fingerprint density at radius 2 is 1.76 bits per heavy atom. The van der Waals surface area contributed by atoms with Gasteiger partial charge in [0, 0.05) is 25.6 Å². The van der Waals surface area contributed by atoms with Crippen LogP contribution in [-0.4, -0.2) is 54.8 Å². The second-order valence-electron chi connectivity index (χ2n) is 7.67. The Balaban J connectivity index is 2.00. The van der Waals surface area contributed by atoms with E-state index in [0.717, 1.165) is 18.4 Å². The van der Waals surface area contributed by atoms with Crippen LogP contribution in [0.25, 0.3) is 0 Å². The fraction of sp³-hybridized carbons (Fsp3) is 0.429. The van der Waals surface area contributed by atoms with Crippen LogP contribution >= 0.6 is 0 Å². The van der Waals surface area contributed by atoms with Crippen LogP contribution in [0, 0.1) is 6.92 Å². The van der Waals surface area contributed by atoms with E-state index in [9.17, 15) is 27.6 Å². The summed E-state index contributed by atoms with van der Waals surface area (Å²) >= 11 is 0. The van der Waals surface area contributed by atoms with Crippen LogP contribution in [-0.2, 0) is 43.9 Å². The third kappa shape index (κ3) is 6.18. The zero-order chi connectivity index (χ0) is 25.0. The van der Waals surface area contributed by atoms with Crippen LogP contribution < -0.4 is 11.2 Å². The minimum Gasteiger partial charge on any atom is -0.463 e. The smallest absolute Gasteiger partial charge is 0.330 e. The Morgan fingerprint density at radius 3 is 2.38 bits per heavy atom. The molecule has 0 aliphatic carbocycles. The first kappa shape index (κ1) is 25.3. The first-order valence-corrected chi connectivity index (χ1v) is 11.8. The van der Waals surface area contributed by atoms with Crippen LogP contribution in [0.3, 0.4) is 0 Å². The van der Waals surface area contributed by atoms with Crippen molar-refractivity contribution >= 4 is 22.1 Å². The predicted molar refractivity (Wildman–Crippen MR) is 116 cm³/mol. The van der Waals surface area contributed by atoms with Crippen molar-refractivity contribution in [1.82, 2.24) is 9.55 Å². The van der Waals surface area contributed by atoms with Gasteiger partial charge in [-0.15, -0.1) is 0 Å². The average Bonchev–Trinajstić information content (AvgIpc) is 3.05. The highest BCUT2D eigenvalue weighted by molar-refractivity contribution is 7.85. The van der Waals surface area contributed by atoms with E-state index in [2.05, 4.69) is 4.98 Å². The van der Waals surface area contributed by atoms with Crippen molar-refractivity contribution in [3.05, 3.63) is 68.5 Å². The van der Waals surface area contributed by atoms with Gasteiger partial charge in [0.2, 0.25) is 0 Å². The summed E-state index contributed by atoms with van der Waals surface area (Å²) in [5.74, 6) is -1.95. The first-order valence-electron chi connectivity index (χ1n) is 10.2. The fourth-order valence-electron chi connectivity index (χ4n) is 3.46. The van der Waals surface area contributed by atoms with E-state index in [-0.39, 0.29) is 5.56 Å². The summed E-state index contributed by atoms with van der Waals surface area (Å²) in [5, 5.41) is 0. The first-order chi connectivity index (χ1) is 16.0. The molecule has 1 aromatic carbocycles. The summed E-state index contributed by atoms with van der Waals surface area (Å²) < 4.78 is 48.1. The van der Waals surface area contributed by atoms with E-state index < -0.39 is 70.2 Å². The Hall–Kier alpha value is -3.29. The number of rotatable bonds is 8. The van der Waals surface area contributed by atoms with Crippen molar-refractivity contribution in [1.29, 1.82) is 0 Å². The molecule has 0 unspecified atom stereocenters. The number of hydrogen-bond donors (Lipinski definition) is 1. The summed E-state index contributed by atoms with van der Waals surface area (Å²) in [7, 11) is -4.25. The number of H-pyrrole nitrogens is 1. The van der Waals surface area contributed by atoms with E-state index in [1.807, 2.05) is 0 Å². The largest absolute Gasteiger partial charge is 0.463 e. The number of aryl methyl sites for hydroxylation is 1. The minimum atomic E-state index is -4.25. The van der Waals surface area contributed by atoms with E-state index >= 15 is 0 Å². The molecule has 2 heterocycles. The Bertz CT molecular complexity index is 1270. The molecule has 34 heavy (non-hydrogen) atoms. The normalized spacial score (nSPS) is 22.3. The van der Waals surface area contributed by atoms with Gasteiger partial charge < -0.3 is 14.2 Å². The summed E-state index contributed by atoms with van der Waals surface area (Å²) in [4.78, 5) is 49.5. The molecule has 1 aliphatic rings. The lowest BCUT2D eigenvalue weighted by Gasteiger charge is -2.24. The topological polar surface area (TPSA) is 160 Å². The van der Waals surface area contributed by atoms with E-state index in [1.165, 1.54) is 13.1 Å². The molecule has 3 rings (SSSR count). The Kier molecular flexibility index (Phi) is 7.69. The summed E-state index contributed by atoms with van der Waals surface area (Å²) in [6.07, 6.45) is -4.29. The molecule has 1 saturated heterocycles. The number of nitrogens with one attached hydrogen (secondary N) is 1. The third-order valence-electron chi connectivity index (χ3n) is 4.90. The second-order valence-corrected chi connectivity index (χ2v) is 9.27. The number of benzene rings is 1. The molecule has 0 radical (unpaired) electrons. The molecule has 1 aliphatic heterocycles. The molecular formula is C21H24N2O10S. The molecule has 1 fully saturated rings. The molecule has 13 heteroatoms. The van der Waals surface area contributed by atoms with Gasteiger partial charge in [0.15, 0.2) is 12.3 Å². The fourth-order valence-corrected chi connectivity index (χ4v) is 4.70. The van der Waals surface area contributed by atoms with Gasteiger partial charge in [-0.25, -0.2) is 4.79 Å². The van der Waals surface area contributed by atoms with Gasteiger partial charge >= 0.3 is 17.6 Å². The van der Waals surface area contributed by atoms with Crippen molar-refractivity contribution in [3.8, 4) is 0 Å². The molecule has 4 atom stereocenters. The highest BCUT2D eigenvalue weighted by Crippen LogP contribution is 2.34. The van der Waals surface area contributed by atoms with Gasteiger partial charge in [-0.05, 0) is 12.5 Å². The number of esters is 2. The zero-order valence-corrected chi connectivity index (χ0v) is 19.4. The van der Waals surface area contributed by atoms with E-state index in [1.54, 1.807) is 30.3 Å². The molecule has 184 valence electrons. The number of carbonyl (C=O) groups is 2. The molecule has 0 spiro atoms. The molecule has 12 nitrogen and oxygen atoms in total. The minimum absolute atomic E-state index is 0.155. The summed E-state index contributed by atoms with van der Waals surface area (Å²) in [6.45, 7) is 3.24. The summed E-state index contributed by atoms with van der Waals surface area (Å²) in [6, 6.07) is 8.24. The third-order valence-corrected chi connectivity index (χ3v) is 6.10. The number of carbonyl (C=O) groups excluding carboxylic acids is 2. The van der Waals surface area contributed by atoms with E-state index in [4.69, 9.17) is 18.4 Å². The Labute approximate surface area is 194 Å². The van der Waals surface area contributed by atoms with Gasteiger partial charge in [0.05, 0.1) is 0 Å². The van der Waals surface area contributed by atoms with Gasteiger partial charge in [-0.1, -0.05) is 30.3 Å². The molecule has 0 saturated carbocycles. The van der Waals surface area contributed by atoms with Gasteiger partial charge in [-0.2, -0.15) is 8.42 Å². The highest BCUT2D eigenvalue weighted by Gasteiger charge is 2.51. The van der Waals surface area contributed by atoms with Crippen molar-refractivity contribution in [2.24, 2.45) is 0 Å². The zero-order valence-electron chi connectivity index (χ0n) is 18.6. The maximum atomic E-state index is 12.8.